The van der Waals surface area contributed by atoms with Crippen molar-refractivity contribution in [3.05, 3.63) is 65.2 Å². The van der Waals surface area contributed by atoms with Crippen molar-refractivity contribution in [3.8, 4) is 5.75 Å². The molecule has 0 radical (unpaired) electrons. The fourth-order valence-corrected chi connectivity index (χ4v) is 2.94. The summed E-state index contributed by atoms with van der Waals surface area (Å²) >= 11 is 0. The van der Waals surface area contributed by atoms with Crippen LogP contribution in [0.3, 0.4) is 0 Å². The molecule has 0 spiro atoms. The zero-order chi connectivity index (χ0) is 17.1. The summed E-state index contributed by atoms with van der Waals surface area (Å²) in [5.41, 5.74) is 3.18. The van der Waals surface area contributed by atoms with Gasteiger partial charge in [0, 0.05) is 18.2 Å². The van der Waals surface area contributed by atoms with Crippen LogP contribution in [0.4, 0.5) is 0 Å². The van der Waals surface area contributed by atoms with Gasteiger partial charge in [-0.05, 0) is 36.0 Å². The van der Waals surface area contributed by atoms with Crippen molar-refractivity contribution < 1.29 is 9.90 Å². The molecule has 24 heavy (non-hydrogen) atoms. The van der Waals surface area contributed by atoms with E-state index in [9.17, 15) is 9.90 Å². The Morgan fingerprint density at radius 1 is 1.12 bits per heavy atom. The van der Waals surface area contributed by atoms with E-state index in [4.69, 9.17) is 0 Å². The highest BCUT2D eigenvalue weighted by Gasteiger charge is 2.32. The molecule has 1 N–H and O–H groups in total. The Morgan fingerprint density at radius 3 is 2.38 bits per heavy atom. The molecule has 2 aromatic carbocycles. The van der Waals surface area contributed by atoms with E-state index < -0.39 is 0 Å². The normalized spacial score (nSPS) is 14.0. The standard InChI is InChI=1S/C21H25NO2/c1-15(2)17-9-7-16(8-10-17)14-22(19-11-12-19)21(24)13-18-5-3-4-6-20(18)23/h3-10,15,19,23H,11-14H2,1-2H3. The van der Waals surface area contributed by atoms with E-state index in [1.807, 2.05) is 17.0 Å². The van der Waals surface area contributed by atoms with Crippen molar-refractivity contribution in [2.75, 3.05) is 0 Å². The molecule has 0 atom stereocenters. The minimum atomic E-state index is 0.0898. The number of carbonyl (C=O) groups is 1. The van der Waals surface area contributed by atoms with E-state index in [-0.39, 0.29) is 18.1 Å². The van der Waals surface area contributed by atoms with Crippen LogP contribution in [-0.2, 0) is 17.8 Å². The maximum Gasteiger partial charge on any atom is 0.227 e. The van der Waals surface area contributed by atoms with Crippen molar-refractivity contribution >= 4 is 5.91 Å². The monoisotopic (exact) mass is 323 g/mol. The first kappa shape index (κ1) is 16.6. The van der Waals surface area contributed by atoms with E-state index in [0.29, 0.717) is 24.1 Å². The Morgan fingerprint density at radius 2 is 1.79 bits per heavy atom. The van der Waals surface area contributed by atoms with Crippen LogP contribution < -0.4 is 0 Å². The molecule has 126 valence electrons. The molecule has 0 bridgehead atoms. The lowest BCUT2D eigenvalue weighted by molar-refractivity contribution is -0.131. The number of benzene rings is 2. The molecular formula is C21H25NO2. The summed E-state index contributed by atoms with van der Waals surface area (Å²) in [5.74, 6) is 0.802. The molecule has 3 heteroatoms. The van der Waals surface area contributed by atoms with Gasteiger partial charge in [0.05, 0.1) is 6.42 Å². The van der Waals surface area contributed by atoms with Gasteiger partial charge in [0.2, 0.25) is 5.91 Å². The van der Waals surface area contributed by atoms with E-state index in [0.717, 1.165) is 18.4 Å². The molecule has 3 rings (SSSR count). The summed E-state index contributed by atoms with van der Waals surface area (Å²) in [4.78, 5) is 14.7. The largest absolute Gasteiger partial charge is 0.508 e. The zero-order valence-electron chi connectivity index (χ0n) is 14.4. The van der Waals surface area contributed by atoms with Crippen LogP contribution in [-0.4, -0.2) is 22.0 Å². The van der Waals surface area contributed by atoms with E-state index >= 15 is 0 Å². The van der Waals surface area contributed by atoms with Crippen molar-refractivity contribution in [1.29, 1.82) is 0 Å². The summed E-state index contributed by atoms with van der Waals surface area (Å²) in [6, 6.07) is 16.0. The molecule has 0 unspecified atom stereocenters. The number of amides is 1. The van der Waals surface area contributed by atoms with Crippen LogP contribution in [0.25, 0.3) is 0 Å². The van der Waals surface area contributed by atoms with Gasteiger partial charge in [-0.25, -0.2) is 0 Å². The third kappa shape index (κ3) is 3.97. The summed E-state index contributed by atoms with van der Waals surface area (Å²) < 4.78 is 0. The zero-order valence-corrected chi connectivity index (χ0v) is 14.4. The molecule has 0 aliphatic heterocycles. The van der Waals surface area contributed by atoms with Crippen LogP contribution in [0.1, 0.15) is 49.3 Å². The Labute approximate surface area is 143 Å². The van der Waals surface area contributed by atoms with Crippen LogP contribution in [0.5, 0.6) is 5.75 Å². The lowest BCUT2D eigenvalue weighted by Gasteiger charge is -2.23. The number of carbonyl (C=O) groups excluding carboxylic acids is 1. The molecule has 3 nitrogen and oxygen atoms in total. The Hall–Kier alpha value is -2.29. The van der Waals surface area contributed by atoms with E-state index in [1.54, 1.807) is 12.1 Å². The molecule has 1 aliphatic carbocycles. The fourth-order valence-electron chi connectivity index (χ4n) is 2.94. The molecule has 1 saturated carbocycles. The topological polar surface area (TPSA) is 40.5 Å². The average Bonchev–Trinajstić information content (AvgIpc) is 3.40. The van der Waals surface area contributed by atoms with Gasteiger partial charge in [0.15, 0.2) is 0 Å². The van der Waals surface area contributed by atoms with E-state index in [1.165, 1.54) is 5.56 Å². The number of aromatic hydroxyl groups is 1. The number of hydrogen-bond acceptors (Lipinski definition) is 2. The minimum Gasteiger partial charge on any atom is -0.508 e. The number of hydrogen-bond donors (Lipinski definition) is 1. The highest BCUT2D eigenvalue weighted by atomic mass is 16.3. The van der Waals surface area contributed by atoms with Crippen molar-refractivity contribution in [2.45, 2.75) is 51.6 Å². The SMILES string of the molecule is CC(C)c1ccc(CN(C(=O)Cc2ccccc2O)C2CC2)cc1. The molecule has 1 aliphatic rings. The lowest BCUT2D eigenvalue weighted by Crippen LogP contribution is -2.33. The second-order valence-corrected chi connectivity index (χ2v) is 6.95. The first-order valence-electron chi connectivity index (χ1n) is 8.70. The van der Waals surface area contributed by atoms with Crippen LogP contribution in [0, 0.1) is 0 Å². The Balaban J connectivity index is 1.70. The number of para-hydroxylation sites is 1. The fraction of sp³-hybridized carbons (Fsp3) is 0.381. The van der Waals surface area contributed by atoms with Crippen LogP contribution in [0.15, 0.2) is 48.5 Å². The Bertz CT molecular complexity index is 702. The van der Waals surface area contributed by atoms with Gasteiger partial charge >= 0.3 is 0 Å². The maximum atomic E-state index is 12.7. The molecule has 1 amide bonds. The van der Waals surface area contributed by atoms with Gasteiger partial charge in [-0.2, -0.15) is 0 Å². The predicted octanol–water partition coefficient (Wildman–Crippen LogP) is 4.25. The molecular weight excluding hydrogens is 298 g/mol. The first-order valence-corrected chi connectivity index (χ1v) is 8.70. The smallest absolute Gasteiger partial charge is 0.227 e. The van der Waals surface area contributed by atoms with Crippen LogP contribution in [0.2, 0.25) is 0 Å². The summed E-state index contributed by atoms with van der Waals surface area (Å²) in [7, 11) is 0. The summed E-state index contributed by atoms with van der Waals surface area (Å²) in [5, 5.41) is 9.90. The number of phenols is 1. The maximum absolute atomic E-state index is 12.7. The van der Waals surface area contributed by atoms with E-state index in [2.05, 4.69) is 38.1 Å². The molecule has 1 fully saturated rings. The highest BCUT2D eigenvalue weighted by Crippen LogP contribution is 2.30. The first-order chi connectivity index (χ1) is 11.5. The summed E-state index contributed by atoms with van der Waals surface area (Å²) in [6.45, 7) is 5.01. The van der Waals surface area contributed by atoms with Crippen molar-refractivity contribution in [1.82, 2.24) is 4.90 Å². The van der Waals surface area contributed by atoms with Gasteiger partial charge in [-0.15, -0.1) is 0 Å². The minimum absolute atomic E-state index is 0.0898. The van der Waals surface area contributed by atoms with Gasteiger partial charge < -0.3 is 10.0 Å². The average molecular weight is 323 g/mol. The predicted molar refractivity (Wildman–Crippen MR) is 95.9 cm³/mol. The second kappa shape index (κ2) is 7.08. The third-order valence-electron chi connectivity index (χ3n) is 4.64. The van der Waals surface area contributed by atoms with Gasteiger partial charge in [-0.3, -0.25) is 4.79 Å². The van der Waals surface area contributed by atoms with Gasteiger partial charge in [-0.1, -0.05) is 56.3 Å². The molecule has 0 aromatic heterocycles. The van der Waals surface area contributed by atoms with Crippen molar-refractivity contribution in [3.63, 3.8) is 0 Å². The number of rotatable bonds is 6. The van der Waals surface area contributed by atoms with Crippen LogP contribution >= 0.6 is 0 Å². The number of nitrogens with zero attached hydrogens (tertiary/aromatic N) is 1. The second-order valence-electron chi connectivity index (χ2n) is 6.95. The molecule has 0 heterocycles. The van der Waals surface area contributed by atoms with Gasteiger partial charge in [0.1, 0.15) is 5.75 Å². The van der Waals surface area contributed by atoms with Gasteiger partial charge in [0.25, 0.3) is 0 Å². The number of phenolic OH excluding ortho intramolecular Hbond substituents is 1. The third-order valence-corrected chi connectivity index (χ3v) is 4.64. The Kier molecular flexibility index (Phi) is 4.89. The highest BCUT2D eigenvalue weighted by molar-refractivity contribution is 5.80. The molecule has 2 aromatic rings. The van der Waals surface area contributed by atoms with Crippen molar-refractivity contribution in [2.24, 2.45) is 0 Å². The quantitative estimate of drug-likeness (QED) is 0.863. The molecule has 0 saturated heterocycles. The summed E-state index contributed by atoms with van der Waals surface area (Å²) in [6.07, 6.45) is 2.42. The lowest BCUT2D eigenvalue weighted by atomic mass is 10.0.